The van der Waals surface area contributed by atoms with Crippen molar-refractivity contribution >= 4 is 54.1 Å². The zero-order chi connectivity index (χ0) is 25.7. The molecule has 0 spiro atoms. The van der Waals surface area contributed by atoms with Gasteiger partial charge < -0.3 is 43.4 Å². The molecule has 0 heterocycles. The normalized spacial score (nSPS) is 14.1. The number of rotatable bonds is 16. The Kier molecular flexibility index (Phi) is 13.1. The first-order chi connectivity index (χ1) is 15.3. The predicted octanol–water partition coefficient (Wildman–Crippen LogP) is -4.21. The number of hydrogen-bond acceptors (Lipinski definition) is 9. The zero-order valence-corrected chi connectivity index (χ0v) is 18.4. The van der Waals surface area contributed by atoms with Gasteiger partial charge in [0.25, 0.3) is 0 Å². The van der Waals surface area contributed by atoms with E-state index in [1.165, 1.54) is 0 Å². The van der Waals surface area contributed by atoms with Crippen molar-refractivity contribution in [3.05, 3.63) is 0 Å². The Labute approximate surface area is 193 Å². The van der Waals surface area contributed by atoms with Crippen molar-refractivity contribution in [1.29, 1.82) is 0 Å². The van der Waals surface area contributed by atoms with Gasteiger partial charge in [0.2, 0.25) is 29.5 Å². The fraction of sp³-hybridized carbons (Fsp3) is 0.588. The number of aliphatic carboxylic acids is 2. The number of amides is 5. The van der Waals surface area contributed by atoms with E-state index in [9.17, 15) is 33.6 Å². The first-order valence-electron chi connectivity index (χ1n) is 9.57. The number of carboxylic acids is 2. The van der Waals surface area contributed by atoms with E-state index in [4.69, 9.17) is 27.4 Å². The highest BCUT2D eigenvalue weighted by Crippen LogP contribution is 2.02. The topological polar surface area (TPSA) is 274 Å². The van der Waals surface area contributed by atoms with Gasteiger partial charge in [0.05, 0.1) is 12.5 Å². The molecule has 0 rings (SSSR count). The minimum atomic E-state index is -1.62. The van der Waals surface area contributed by atoms with Crippen LogP contribution in [0.4, 0.5) is 0 Å². The quantitative estimate of drug-likeness (QED) is 0.0936. The van der Waals surface area contributed by atoms with E-state index < -0.39 is 84.9 Å². The third-order valence-corrected chi connectivity index (χ3v) is 4.52. The molecule has 0 aliphatic heterocycles. The summed E-state index contributed by atoms with van der Waals surface area (Å²) in [5, 5.41) is 24.3. The van der Waals surface area contributed by atoms with Crippen LogP contribution >= 0.6 is 12.6 Å². The molecule has 11 N–H and O–H groups in total. The molecule has 33 heavy (non-hydrogen) atoms. The van der Waals surface area contributed by atoms with Gasteiger partial charge in [-0.05, 0) is 12.8 Å². The van der Waals surface area contributed by atoms with Crippen LogP contribution in [0.2, 0.25) is 0 Å². The smallest absolute Gasteiger partial charge is 0.326 e. The third kappa shape index (κ3) is 12.3. The van der Waals surface area contributed by atoms with Gasteiger partial charge in [-0.3, -0.25) is 28.8 Å². The van der Waals surface area contributed by atoms with E-state index in [2.05, 4.69) is 23.3 Å². The highest BCUT2D eigenvalue weighted by molar-refractivity contribution is 7.80. The number of primary amides is 2. The fourth-order valence-corrected chi connectivity index (χ4v) is 2.64. The van der Waals surface area contributed by atoms with Gasteiger partial charge >= 0.3 is 11.9 Å². The lowest BCUT2D eigenvalue weighted by atomic mass is 10.1. The van der Waals surface area contributed by atoms with Crippen LogP contribution in [0, 0.1) is 0 Å². The van der Waals surface area contributed by atoms with Crippen LogP contribution in [0.3, 0.4) is 0 Å². The van der Waals surface area contributed by atoms with E-state index in [0.717, 1.165) is 0 Å². The predicted molar refractivity (Wildman–Crippen MR) is 114 cm³/mol. The number of nitrogens with one attached hydrogen (secondary N) is 3. The van der Waals surface area contributed by atoms with Gasteiger partial charge in [0.15, 0.2) is 0 Å². The summed E-state index contributed by atoms with van der Waals surface area (Å²) in [4.78, 5) is 81.1. The molecule has 0 aliphatic carbocycles. The summed E-state index contributed by atoms with van der Waals surface area (Å²) in [5.41, 5.74) is 15.7. The van der Waals surface area contributed by atoms with E-state index in [-0.39, 0.29) is 18.6 Å². The maximum Gasteiger partial charge on any atom is 0.326 e. The standard InChI is InChI=1S/C17H28N6O9S/c18-7(1-3-11(19)24)14(28)23-10(6-33)16(30)22-9(5-12(20)25)15(29)21-8(17(31)32)2-4-13(26)27/h7-10,33H,1-6,18H2,(H2,19,24)(H2,20,25)(H,21,29)(H,22,30)(H,23,28)(H,26,27)(H,31,32). The Balaban J connectivity index is 5.26. The van der Waals surface area contributed by atoms with Gasteiger partial charge in [-0.2, -0.15) is 12.6 Å². The molecule has 16 heteroatoms. The number of nitrogens with two attached hydrogens (primary N) is 3. The summed E-state index contributed by atoms with van der Waals surface area (Å²) in [6.07, 6.45) is -1.98. The molecule has 0 aromatic rings. The summed E-state index contributed by atoms with van der Waals surface area (Å²) < 4.78 is 0. The number of carbonyl (C=O) groups excluding carboxylic acids is 5. The van der Waals surface area contributed by atoms with Gasteiger partial charge in [-0.1, -0.05) is 0 Å². The Bertz CT molecular complexity index is 778. The van der Waals surface area contributed by atoms with E-state index >= 15 is 0 Å². The molecule has 186 valence electrons. The second-order valence-corrected chi connectivity index (χ2v) is 7.28. The van der Waals surface area contributed by atoms with Crippen LogP contribution < -0.4 is 33.2 Å². The van der Waals surface area contributed by atoms with E-state index in [1.54, 1.807) is 0 Å². The fourth-order valence-electron chi connectivity index (χ4n) is 2.38. The number of thiol groups is 1. The lowest BCUT2D eigenvalue weighted by Crippen LogP contribution is -2.58. The Hall–Kier alpha value is -3.40. The van der Waals surface area contributed by atoms with Crippen LogP contribution in [0.1, 0.15) is 32.1 Å². The first kappa shape index (κ1) is 29.6. The van der Waals surface area contributed by atoms with E-state index in [0.29, 0.717) is 0 Å². The number of carboxylic acid groups (broad SMARTS) is 2. The summed E-state index contributed by atoms with van der Waals surface area (Å²) in [6.45, 7) is 0. The van der Waals surface area contributed by atoms with Crippen molar-refractivity contribution in [3.63, 3.8) is 0 Å². The molecule has 4 unspecified atom stereocenters. The summed E-state index contributed by atoms with van der Waals surface area (Å²) in [5.74, 6) is -7.63. The van der Waals surface area contributed by atoms with Gasteiger partial charge in [0.1, 0.15) is 18.1 Å². The molecule has 0 radical (unpaired) electrons. The average Bonchev–Trinajstić information content (AvgIpc) is 2.71. The summed E-state index contributed by atoms with van der Waals surface area (Å²) in [6, 6.07) is -5.71. The SMILES string of the molecule is NC(=O)CCC(N)C(=O)NC(CS)C(=O)NC(CC(N)=O)C(=O)NC(CCC(=O)O)C(=O)O. The lowest BCUT2D eigenvalue weighted by molar-refractivity contribution is -0.143. The largest absolute Gasteiger partial charge is 0.481 e. The molecule has 0 aromatic heterocycles. The van der Waals surface area contributed by atoms with Crippen molar-refractivity contribution in [2.24, 2.45) is 17.2 Å². The zero-order valence-electron chi connectivity index (χ0n) is 17.5. The Morgan fingerprint density at radius 3 is 1.70 bits per heavy atom. The van der Waals surface area contributed by atoms with Crippen LogP contribution in [0.5, 0.6) is 0 Å². The average molecular weight is 493 g/mol. The van der Waals surface area contributed by atoms with Crippen molar-refractivity contribution in [2.75, 3.05) is 5.75 Å². The van der Waals surface area contributed by atoms with Crippen molar-refractivity contribution in [3.8, 4) is 0 Å². The molecule has 15 nitrogen and oxygen atoms in total. The lowest BCUT2D eigenvalue weighted by Gasteiger charge is -2.24. The Morgan fingerprint density at radius 1 is 0.727 bits per heavy atom. The molecule has 0 saturated heterocycles. The minimum Gasteiger partial charge on any atom is -0.481 e. The Morgan fingerprint density at radius 2 is 1.24 bits per heavy atom. The van der Waals surface area contributed by atoms with Crippen LogP contribution in [0.15, 0.2) is 0 Å². The first-order valence-corrected chi connectivity index (χ1v) is 10.2. The van der Waals surface area contributed by atoms with Crippen molar-refractivity contribution < 1.29 is 43.8 Å². The monoisotopic (exact) mass is 492 g/mol. The van der Waals surface area contributed by atoms with Gasteiger partial charge in [0, 0.05) is 18.6 Å². The molecular formula is C17H28N6O9S. The molecule has 0 bridgehead atoms. The van der Waals surface area contributed by atoms with Crippen molar-refractivity contribution in [1.82, 2.24) is 16.0 Å². The number of carbonyl (C=O) groups is 7. The maximum atomic E-state index is 12.5. The molecule has 5 amide bonds. The second kappa shape index (κ2) is 14.6. The second-order valence-electron chi connectivity index (χ2n) is 6.92. The molecule has 0 aromatic carbocycles. The van der Waals surface area contributed by atoms with Gasteiger partial charge in [-0.25, -0.2) is 4.79 Å². The summed E-state index contributed by atoms with van der Waals surface area (Å²) in [7, 11) is 0. The minimum absolute atomic E-state index is 0.0816. The maximum absolute atomic E-state index is 12.5. The molecule has 0 fully saturated rings. The van der Waals surface area contributed by atoms with Crippen LogP contribution in [-0.4, -0.2) is 81.6 Å². The molecular weight excluding hydrogens is 464 g/mol. The summed E-state index contributed by atoms with van der Waals surface area (Å²) >= 11 is 3.94. The van der Waals surface area contributed by atoms with Crippen LogP contribution in [-0.2, 0) is 33.6 Å². The third-order valence-electron chi connectivity index (χ3n) is 4.15. The highest BCUT2D eigenvalue weighted by atomic mass is 32.1. The van der Waals surface area contributed by atoms with Crippen LogP contribution in [0.25, 0.3) is 0 Å². The molecule has 4 atom stereocenters. The van der Waals surface area contributed by atoms with E-state index in [1.807, 2.05) is 5.32 Å². The number of hydrogen-bond donors (Lipinski definition) is 9. The highest BCUT2D eigenvalue weighted by Gasteiger charge is 2.31. The van der Waals surface area contributed by atoms with Crippen molar-refractivity contribution in [2.45, 2.75) is 56.3 Å². The molecule has 0 aliphatic rings. The molecule has 0 saturated carbocycles. The van der Waals surface area contributed by atoms with Gasteiger partial charge in [-0.15, -0.1) is 0 Å².